The molecule has 1 amide bonds. The zero-order chi connectivity index (χ0) is 10.7. The summed E-state index contributed by atoms with van der Waals surface area (Å²) >= 11 is 1.68. The summed E-state index contributed by atoms with van der Waals surface area (Å²) in [6.45, 7) is 0. The highest BCUT2D eigenvalue weighted by molar-refractivity contribution is 7.17. The summed E-state index contributed by atoms with van der Waals surface area (Å²) in [5.41, 5.74) is 5.91. The number of hydrogen-bond acceptors (Lipinski definition) is 2. The fourth-order valence-corrected chi connectivity index (χ4v) is 2.09. The summed E-state index contributed by atoms with van der Waals surface area (Å²) in [6, 6.07) is 8.07. The minimum Gasteiger partial charge on any atom is -0.369 e. The van der Waals surface area contributed by atoms with Gasteiger partial charge in [0, 0.05) is 10.3 Å². The van der Waals surface area contributed by atoms with Crippen molar-refractivity contribution in [1.29, 1.82) is 0 Å². The summed E-state index contributed by atoms with van der Waals surface area (Å²) in [6.07, 6.45) is 0.114. The highest BCUT2D eigenvalue weighted by Gasteiger charge is 1.94. The van der Waals surface area contributed by atoms with Crippen LogP contribution < -0.4 is 5.73 Å². The molecule has 0 bridgehead atoms. The fourth-order valence-electron chi connectivity index (χ4n) is 1.27. The van der Waals surface area contributed by atoms with Gasteiger partial charge >= 0.3 is 0 Å². The first kappa shape index (κ1) is 9.75. The molecule has 2 N–H and O–H groups in total. The predicted octanol–water partition coefficient (Wildman–Crippen LogP) is 2.13. The molecule has 0 aliphatic heterocycles. The van der Waals surface area contributed by atoms with Gasteiger partial charge in [-0.15, -0.1) is 11.3 Å². The molecule has 1 aromatic heterocycles. The largest absolute Gasteiger partial charge is 0.369 e. The molecule has 0 atom stereocenters. The number of amides is 1. The molecule has 0 aliphatic rings. The Bertz CT molecular complexity index is 559. The van der Waals surface area contributed by atoms with Gasteiger partial charge in [-0.2, -0.15) is 0 Å². The molecule has 0 radical (unpaired) electrons. The molecule has 74 valence electrons. The first-order valence-corrected chi connectivity index (χ1v) is 5.38. The molecule has 15 heavy (non-hydrogen) atoms. The third-order valence-electron chi connectivity index (χ3n) is 1.95. The van der Waals surface area contributed by atoms with E-state index in [9.17, 15) is 4.79 Å². The average Bonchev–Trinajstić information content (AvgIpc) is 2.64. The van der Waals surface area contributed by atoms with Crippen LogP contribution in [0.25, 0.3) is 10.1 Å². The van der Waals surface area contributed by atoms with Gasteiger partial charge in [0.15, 0.2) is 0 Å². The minimum atomic E-state index is -0.389. The monoisotopic (exact) mass is 215 g/mol. The van der Waals surface area contributed by atoms with Crippen LogP contribution in [0.15, 0.2) is 29.6 Å². The molecule has 0 saturated heterocycles. The second-order valence-electron chi connectivity index (χ2n) is 3.12. The van der Waals surface area contributed by atoms with Gasteiger partial charge in [0.1, 0.15) is 0 Å². The van der Waals surface area contributed by atoms with Crippen LogP contribution in [0.3, 0.4) is 0 Å². The van der Waals surface area contributed by atoms with Crippen LogP contribution in [-0.2, 0) is 4.79 Å². The molecule has 2 aromatic rings. The quantitative estimate of drug-likeness (QED) is 0.727. The van der Waals surface area contributed by atoms with Gasteiger partial charge in [0.25, 0.3) is 0 Å². The predicted molar refractivity (Wildman–Crippen MR) is 62.5 cm³/mol. The van der Waals surface area contributed by atoms with E-state index in [0.29, 0.717) is 0 Å². The normalized spacial score (nSPS) is 9.60. The third-order valence-corrected chi connectivity index (χ3v) is 2.83. The summed E-state index contributed by atoms with van der Waals surface area (Å²) in [5.74, 6) is 5.26. The van der Waals surface area contributed by atoms with Gasteiger partial charge in [-0.05, 0) is 29.0 Å². The number of rotatable bonds is 1. The van der Waals surface area contributed by atoms with Gasteiger partial charge < -0.3 is 5.73 Å². The Kier molecular flexibility index (Phi) is 2.70. The number of carbonyl (C=O) groups excluding carboxylic acids is 1. The van der Waals surface area contributed by atoms with E-state index in [-0.39, 0.29) is 12.3 Å². The maximum Gasteiger partial charge on any atom is 0.229 e. The minimum absolute atomic E-state index is 0.114. The summed E-state index contributed by atoms with van der Waals surface area (Å²) in [7, 11) is 0. The number of benzene rings is 1. The molecule has 0 saturated carbocycles. The Morgan fingerprint density at radius 3 is 3.07 bits per heavy atom. The van der Waals surface area contributed by atoms with Crippen molar-refractivity contribution in [1.82, 2.24) is 0 Å². The van der Waals surface area contributed by atoms with Crippen molar-refractivity contribution in [3.63, 3.8) is 0 Å². The lowest BCUT2D eigenvalue weighted by Crippen LogP contribution is -2.08. The topological polar surface area (TPSA) is 43.1 Å². The summed E-state index contributed by atoms with van der Waals surface area (Å²) < 4.78 is 1.21. The first-order valence-electron chi connectivity index (χ1n) is 4.50. The number of primary amides is 1. The van der Waals surface area contributed by atoms with Crippen LogP contribution in [0.4, 0.5) is 0 Å². The van der Waals surface area contributed by atoms with E-state index < -0.39 is 0 Å². The molecular formula is C12H9NOS. The zero-order valence-corrected chi connectivity index (χ0v) is 8.80. The van der Waals surface area contributed by atoms with E-state index >= 15 is 0 Å². The van der Waals surface area contributed by atoms with E-state index in [1.165, 1.54) is 10.1 Å². The number of hydrogen-bond donors (Lipinski definition) is 1. The first-order chi connectivity index (χ1) is 7.25. The Balaban J connectivity index is 2.27. The van der Waals surface area contributed by atoms with Crippen molar-refractivity contribution in [3.8, 4) is 11.8 Å². The van der Waals surface area contributed by atoms with Crippen molar-refractivity contribution in [2.75, 3.05) is 0 Å². The third kappa shape index (κ3) is 2.36. The van der Waals surface area contributed by atoms with Gasteiger partial charge in [-0.3, -0.25) is 4.79 Å². The molecule has 1 aromatic carbocycles. The van der Waals surface area contributed by atoms with E-state index in [4.69, 9.17) is 5.73 Å². The van der Waals surface area contributed by atoms with Crippen LogP contribution in [0.1, 0.15) is 12.0 Å². The Labute approximate surface area is 91.7 Å². The molecule has 0 aliphatic carbocycles. The van der Waals surface area contributed by atoms with Crippen molar-refractivity contribution in [3.05, 3.63) is 35.2 Å². The molecule has 0 fully saturated rings. The van der Waals surface area contributed by atoms with Crippen LogP contribution in [-0.4, -0.2) is 5.91 Å². The van der Waals surface area contributed by atoms with Gasteiger partial charge in [-0.25, -0.2) is 0 Å². The lowest BCUT2D eigenvalue weighted by Gasteiger charge is -1.90. The Morgan fingerprint density at radius 1 is 1.40 bits per heavy atom. The van der Waals surface area contributed by atoms with Crippen molar-refractivity contribution in [2.24, 2.45) is 5.73 Å². The molecule has 3 heteroatoms. The highest BCUT2D eigenvalue weighted by atomic mass is 32.1. The van der Waals surface area contributed by atoms with Crippen molar-refractivity contribution in [2.45, 2.75) is 6.42 Å². The van der Waals surface area contributed by atoms with Crippen LogP contribution in [0.2, 0.25) is 0 Å². The Morgan fingerprint density at radius 2 is 2.27 bits per heavy atom. The lowest BCUT2D eigenvalue weighted by molar-refractivity contribution is -0.117. The summed E-state index contributed by atoms with van der Waals surface area (Å²) in [5, 5.41) is 3.27. The molecule has 0 unspecified atom stereocenters. The maximum absolute atomic E-state index is 10.5. The molecule has 2 nitrogen and oxygen atoms in total. The zero-order valence-electron chi connectivity index (χ0n) is 7.99. The van der Waals surface area contributed by atoms with Crippen LogP contribution in [0.5, 0.6) is 0 Å². The second kappa shape index (κ2) is 4.16. The van der Waals surface area contributed by atoms with E-state index in [1.807, 2.05) is 23.6 Å². The van der Waals surface area contributed by atoms with Crippen molar-refractivity contribution < 1.29 is 4.79 Å². The Hall–Kier alpha value is -1.79. The van der Waals surface area contributed by atoms with Crippen molar-refractivity contribution >= 4 is 27.3 Å². The molecule has 2 rings (SSSR count). The fraction of sp³-hybridized carbons (Fsp3) is 0.0833. The van der Waals surface area contributed by atoms with Gasteiger partial charge in [-0.1, -0.05) is 17.9 Å². The van der Waals surface area contributed by atoms with E-state index in [2.05, 4.69) is 17.9 Å². The summed E-state index contributed by atoms with van der Waals surface area (Å²) in [4.78, 5) is 10.5. The second-order valence-corrected chi connectivity index (χ2v) is 4.07. The average molecular weight is 215 g/mol. The van der Waals surface area contributed by atoms with Gasteiger partial charge in [0.05, 0.1) is 6.42 Å². The maximum atomic E-state index is 10.5. The van der Waals surface area contributed by atoms with E-state index in [1.54, 1.807) is 11.3 Å². The standard InChI is InChI=1S/C12H9NOS/c13-12(14)3-1-2-9-4-5-10-6-7-15-11(10)8-9/h4-8H,3H2,(H2,13,14). The van der Waals surface area contributed by atoms with Crippen LogP contribution in [0, 0.1) is 11.8 Å². The highest BCUT2D eigenvalue weighted by Crippen LogP contribution is 2.21. The van der Waals surface area contributed by atoms with Gasteiger partial charge in [0.2, 0.25) is 5.91 Å². The molecule has 1 heterocycles. The SMILES string of the molecule is NC(=O)CC#Cc1ccc2ccsc2c1. The molecular weight excluding hydrogens is 206 g/mol. The smallest absolute Gasteiger partial charge is 0.229 e. The molecule has 0 spiro atoms. The number of carbonyl (C=O) groups is 1. The lowest BCUT2D eigenvalue weighted by atomic mass is 10.2. The number of nitrogens with two attached hydrogens (primary N) is 1. The number of fused-ring (bicyclic) bond motifs is 1. The number of thiophene rings is 1. The van der Waals surface area contributed by atoms with Crippen LogP contribution >= 0.6 is 11.3 Å². The van der Waals surface area contributed by atoms with E-state index in [0.717, 1.165) is 5.56 Å².